The predicted molar refractivity (Wildman–Crippen MR) is 191 cm³/mol. The van der Waals surface area contributed by atoms with E-state index in [0.717, 1.165) is 29.4 Å². The fourth-order valence-electron chi connectivity index (χ4n) is 4.43. The zero-order valence-electron chi connectivity index (χ0n) is 33.7. The van der Waals surface area contributed by atoms with Gasteiger partial charge in [0.1, 0.15) is 0 Å². The molecule has 30 nitrogen and oxygen atoms in total. The molecule has 0 unspecified atom stereocenters. The van der Waals surface area contributed by atoms with E-state index in [1.807, 2.05) is 0 Å². The van der Waals surface area contributed by atoms with Crippen molar-refractivity contribution in [1.29, 1.82) is 0 Å². The van der Waals surface area contributed by atoms with E-state index in [2.05, 4.69) is 0 Å². The van der Waals surface area contributed by atoms with Crippen LogP contribution in [0.25, 0.3) is 0 Å². The number of rotatable bonds is 33. The topological polar surface area (TPSA) is 467 Å². The molecule has 31 heteroatoms. The second-order valence-corrected chi connectivity index (χ2v) is 12.0. The Hall–Kier alpha value is -4.96. The SMILES string of the molecule is O=C(O)CN(CCN(CC(=O)O)CC(=O)O)CC(=O)O.O=C(O)CN(CCN(CC(=O)O)CC(=O)O)CC(=O)O.O=C(O)CN(CCN(CC(=O)O)CC(=O)O)CC(=O)O.[H-].[K+]. The number of carboxylic acids is 12. The van der Waals surface area contributed by atoms with Crippen LogP contribution in [0, 0.1) is 0 Å². The van der Waals surface area contributed by atoms with Crippen LogP contribution in [0.5, 0.6) is 0 Å². The molecule has 0 aromatic heterocycles. The number of hydrogen-bond donors (Lipinski definition) is 12. The Morgan fingerprint density at radius 2 is 0.279 bits per heavy atom. The summed E-state index contributed by atoms with van der Waals surface area (Å²) in [5.74, 6) is -14.7. The molecule has 0 aliphatic carbocycles. The first kappa shape index (κ1) is 62.7. The monoisotopic (exact) mass is 916 g/mol. The minimum atomic E-state index is -1.23. The van der Waals surface area contributed by atoms with Gasteiger partial charge in [0.2, 0.25) is 0 Å². The van der Waals surface area contributed by atoms with E-state index >= 15 is 0 Å². The van der Waals surface area contributed by atoms with Crippen molar-refractivity contribution < 1.29 is 172 Å². The molecule has 0 amide bonds. The van der Waals surface area contributed by atoms with Crippen molar-refractivity contribution in [2.24, 2.45) is 0 Å². The van der Waals surface area contributed by atoms with Gasteiger partial charge >= 0.3 is 123 Å². The van der Waals surface area contributed by atoms with Crippen molar-refractivity contribution in [2.75, 3.05) is 118 Å². The smallest absolute Gasteiger partial charge is 1.00 e. The molecule has 0 rings (SSSR count). The van der Waals surface area contributed by atoms with Crippen LogP contribution in [0.2, 0.25) is 0 Å². The average Bonchev–Trinajstić information content (AvgIpc) is 3.02. The summed E-state index contributed by atoms with van der Waals surface area (Å²) >= 11 is 0. The zero-order valence-corrected chi connectivity index (χ0v) is 35.8. The number of nitrogens with zero attached hydrogens (tertiary/aromatic N) is 6. The third-order valence-electron chi connectivity index (χ3n) is 6.50. The van der Waals surface area contributed by atoms with Crippen molar-refractivity contribution in [2.45, 2.75) is 0 Å². The third kappa shape index (κ3) is 46.0. The molecule has 0 spiro atoms. The molecule has 344 valence electrons. The Morgan fingerprint density at radius 1 is 0.213 bits per heavy atom. The number of aliphatic carboxylic acids is 12. The van der Waals surface area contributed by atoms with Crippen molar-refractivity contribution in [3.63, 3.8) is 0 Å². The summed E-state index contributed by atoms with van der Waals surface area (Å²) in [5.41, 5.74) is 0. The summed E-state index contributed by atoms with van der Waals surface area (Å²) in [4.78, 5) is 133. The maximum Gasteiger partial charge on any atom is 1.00 e. The van der Waals surface area contributed by atoms with Gasteiger partial charge in [0.05, 0.1) is 78.5 Å². The van der Waals surface area contributed by atoms with Crippen LogP contribution in [-0.4, -0.2) is 280 Å². The van der Waals surface area contributed by atoms with Gasteiger partial charge in [0.25, 0.3) is 0 Å². The summed E-state index contributed by atoms with van der Waals surface area (Å²) in [6.45, 7) is -6.75. The van der Waals surface area contributed by atoms with E-state index in [1.54, 1.807) is 0 Å². The molecular formula is C30H49KN6O24. The Labute approximate surface area is 388 Å². The van der Waals surface area contributed by atoms with Gasteiger partial charge in [-0.25, -0.2) is 0 Å². The summed E-state index contributed by atoms with van der Waals surface area (Å²) in [6, 6.07) is 0. The molecule has 0 radical (unpaired) electrons. The summed E-state index contributed by atoms with van der Waals surface area (Å²) in [7, 11) is 0. The van der Waals surface area contributed by atoms with Crippen LogP contribution >= 0.6 is 0 Å². The molecule has 0 saturated heterocycles. The average molecular weight is 917 g/mol. The molecule has 61 heavy (non-hydrogen) atoms. The summed E-state index contributed by atoms with van der Waals surface area (Å²) in [5, 5.41) is 103. The van der Waals surface area contributed by atoms with Gasteiger partial charge in [-0.15, -0.1) is 0 Å². The molecule has 0 atom stereocenters. The number of hydrogen-bond acceptors (Lipinski definition) is 18. The molecule has 0 saturated carbocycles. The minimum Gasteiger partial charge on any atom is -1.00 e. The summed E-state index contributed by atoms with van der Waals surface area (Å²) < 4.78 is 0. The fourth-order valence-corrected chi connectivity index (χ4v) is 4.43. The maximum atomic E-state index is 10.6. The first-order valence-electron chi connectivity index (χ1n) is 16.6. The van der Waals surface area contributed by atoms with Gasteiger partial charge in [-0.3, -0.25) is 86.9 Å². The van der Waals surface area contributed by atoms with E-state index in [9.17, 15) is 57.5 Å². The van der Waals surface area contributed by atoms with Gasteiger partial charge in [-0.05, 0) is 0 Å². The predicted octanol–water partition coefficient (Wildman–Crippen LogP) is -9.10. The van der Waals surface area contributed by atoms with E-state index < -0.39 is 150 Å². The van der Waals surface area contributed by atoms with Crippen LogP contribution < -0.4 is 51.4 Å². The zero-order chi connectivity index (χ0) is 47.1. The Morgan fingerprint density at radius 3 is 0.328 bits per heavy atom. The largest absolute Gasteiger partial charge is 1.00 e. The molecule has 0 heterocycles. The van der Waals surface area contributed by atoms with Crippen LogP contribution in [0.3, 0.4) is 0 Å². The number of carbonyl (C=O) groups is 12. The van der Waals surface area contributed by atoms with E-state index in [0.29, 0.717) is 0 Å². The molecule has 0 bridgehead atoms. The Kier molecular flexibility index (Phi) is 36.7. The van der Waals surface area contributed by atoms with Crippen molar-refractivity contribution in [1.82, 2.24) is 29.4 Å². The van der Waals surface area contributed by atoms with Crippen LogP contribution in [0.1, 0.15) is 1.43 Å². The van der Waals surface area contributed by atoms with E-state index in [4.69, 9.17) is 61.3 Å². The third-order valence-corrected chi connectivity index (χ3v) is 6.50. The standard InChI is InChI=1S/3C10H16N2O8.K.H/c3*13-7(14)3-11(4-8(15)16)1-2-12(5-9(17)18)6-10(19)20;;/h3*1-6H2,(H,13,14)(H,15,16)(H,17,18)(H,19,20);;/q;;;+1;-1. The molecule has 0 aliphatic heterocycles. The molecule has 0 aliphatic rings. The van der Waals surface area contributed by atoms with Crippen molar-refractivity contribution in [3.05, 3.63) is 0 Å². The van der Waals surface area contributed by atoms with Gasteiger partial charge < -0.3 is 62.7 Å². The second-order valence-electron chi connectivity index (χ2n) is 12.0. The van der Waals surface area contributed by atoms with Gasteiger partial charge in [-0.1, -0.05) is 0 Å². The Balaban J connectivity index is -0.000000258. The quantitative estimate of drug-likeness (QED) is 0.0272. The van der Waals surface area contributed by atoms with Gasteiger partial charge in [0.15, 0.2) is 0 Å². The maximum absolute atomic E-state index is 10.6. The van der Waals surface area contributed by atoms with Gasteiger partial charge in [0, 0.05) is 39.3 Å². The van der Waals surface area contributed by atoms with E-state index in [1.165, 1.54) is 0 Å². The Bertz CT molecular complexity index is 1130. The molecular weight excluding hydrogens is 867 g/mol. The van der Waals surface area contributed by atoms with Crippen molar-refractivity contribution >= 4 is 71.6 Å². The minimum absolute atomic E-state index is 0. The van der Waals surface area contributed by atoms with E-state index in [-0.39, 0.29) is 92.1 Å². The molecule has 0 aromatic rings. The fraction of sp³-hybridized carbons (Fsp3) is 0.600. The first-order chi connectivity index (χ1) is 27.6. The molecule has 0 aromatic carbocycles. The first-order valence-corrected chi connectivity index (χ1v) is 16.6. The van der Waals surface area contributed by atoms with Crippen LogP contribution in [0.15, 0.2) is 0 Å². The molecule has 0 fully saturated rings. The second kappa shape index (κ2) is 35.8. The van der Waals surface area contributed by atoms with Gasteiger partial charge in [-0.2, -0.15) is 0 Å². The van der Waals surface area contributed by atoms with Crippen molar-refractivity contribution in [3.8, 4) is 0 Å². The summed E-state index contributed by atoms with van der Waals surface area (Å²) in [6.07, 6.45) is 0. The van der Waals surface area contributed by atoms with Crippen LogP contribution in [0.4, 0.5) is 0 Å². The molecule has 12 N–H and O–H groups in total. The number of carboxylic acid groups (broad SMARTS) is 12. The van der Waals surface area contributed by atoms with Crippen LogP contribution in [-0.2, 0) is 57.5 Å². The normalized spacial score (nSPS) is 10.5.